The Hall–Kier alpha value is -1.94. The van der Waals surface area contributed by atoms with E-state index in [1.807, 2.05) is 25.1 Å². The van der Waals surface area contributed by atoms with Gasteiger partial charge in [0.1, 0.15) is 0 Å². The van der Waals surface area contributed by atoms with Crippen LogP contribution >= 0.6 is 11.6 Å². The first kappa shape index (κ1) is 13.5. The van der Waals surface area contributed by atoms with Gasteiger partial charge in [-0.3, -0.25) is 9.78 Å². The predicted octanol–water partition coefficient (Wildman–Crippen LogP) is 3.26. The topological polar surface area (TPSA) is 54.9 Å². The van der Waals surface area contributed by atoms with Crippen LogP contribution in [0, 0.1) is 0 Å². The molecule has 0 aliphatic rings. The summed E-state index contributed by atoms with van der Waals surface area (Å²) in [6, 6.07) is 7.34. The van der Waals surface area contributed by atoms with Gasteiger partial charge in [-0.25, -0.2) is 4.98 Å². The maximum Gasteiger partial charge on any atom is 0.233 e. The molecule has 0 radical (unpaired) electrons. The lowest BCUT2D eigenvalue weighted by atomic mass is 9.96. The van der Waals surface area contributed by atoms with E-state index in [9.17, 15) is 4.79 Å². The SMILES string of the molecule is CCC(C(=O)Nc1cnccn1)c1cccc(Cl)c1. The zero-order chi connectivity index (χ0) is 13.7. The maximum atomic E-state index is 12.2. The summed E-state index contributed by atoms with van der Waals surface area (Å²) in [6.07, 6.45) is 5.30. The number of hydrogen-bond acceptors (Lipinski definition) is 3. The van der Waals surface area contributed by atoms with Crippen LogP contribution in [-0.2, 0) is 4.79 Å². The Bertz CT molecular complexity index is 560. The number of aromatic nitrogens is 2. The van der Waals surface area contributed by atoms with Gasteiger partial charge in [-0.1, -0.05) is 30.7 Å². The van der Waals surface area contributed by atoms with Crippen LogP contribution in [0.4, 0.5) is 5.82 Å². The minimum atomic E-state index is -0.249. The Morgan fingerprint density at radius 2 is 2.26 bits per heavy atom. The lowest BCUT2D eigenvalue weighted by molar-refractivity contribution is -0.117. The van der Waals surface area contributed by atoms with Gasteiger partial charge in [0.2, 0.25) is 5.91 Å². The van der Waals surface area contributed by atoms with Crippen LogP contribution in [0.2, 0.25) is 5.02 Å². The molecule has 5 heteroatoms. The van der Waals surface area contributed by atoms with Crippen molar-refractivity contribution in [2.24, 2.45) is 0 Å². The zero-order valence-corrected chi connectivity index (χ0v) is 11.3. The smallest absolute Gasteiger partial charge is 0.233 e. The zero-order valence-electron chi connectivity index (χ0n) is 10.5. The number of halogens is 1. The van der Waals surface area contributed by atoms with Gasteiger partial charge in [-0.05, 0) is 24.1 Å². The number of carbonyl (C=O) groups is 1. The van der Waals surface area contributed by atoms with Crippen LogP contribution in [0.5, 0.6) is 0 Å². The normalized spacial score (nSPS) is 11.9. The monoisotopic (exact) mass is 275 g/mol. The molecule has 1 aromatic heterocycles. The molecule has 0 spiro atoms. The van der Waals surface area contributed by atoms with Crippen molar-refractivity contribution in [3.05, 3.63) is 53.4 Å². The molecule has 0 bridgehead atoms. The Morgan fingerprint density at radius 1 is 1.42 bits per heavy atom. The molecule has 0 aliphatic carbocycles. The number of anilines is 1. The molecule has 2 rings (SSSR count). The van der Waals surface area contributed by atoms with Crippen LogP contribution < -0.4 is 5.32 Å². The molecule has 19 heavy (non-hydrogen) atoms. The van der Waals surface area contributed by atoms with Gasteiger partial charge < -0.3 is 5.32 Å². The van der Waals surface area contributed by atoms with E-state index in [1.54, 1.807) is 12.3 Å². The molecule has 1 N–H and O–H groups in total. The summed E-state index contributed by atoms with van der Waals surface area (Å²) in [7, 11) is 0. The van der Waals surface area contributed by atoms with Crippen LogP contribution in [0.15, 0.2) is 42.9 Å². The molecule has 1 unspecified atom stereocenters. The first-order chi connectivity index (χ1) is 9.20. The lowest BCUT2D eigenvalue weighted by Crippen LogP contribution is -2.21. The minimum Gasteiger partial charge on any atom is -0.309 e. The van der Waals surface area contributed by atoms with Crippen molar-refractivity contribution < 1.29 is 4.79 Å². The first-order valence-electron chi connectivity index (χ1n) is 6.03. The highest BCUT2D eigenvalue weighted by atomic mass is 35.5. The van der Waals surface area contributed by atoms with Crippen molar-refractivity contribution in [1.29, 1.82) is 0 Å². The van der Waals surface area contributed by atoms with Crippen molar-refractivity contribution in [3.63, 3.8) is 0 Å². The molecular weight excluding hydrogens is 262 g/mol. The molecule has 1 heterocycles. The molecule has 0 aliphatic heterocycles. The largest absolute Gasteiger partial charge is 0.309 e. The fourth-order valence-electron chi connectivity index (χ4n) is 1.87. The first-order valence-corrected chi connectivity index (χ1v) is 6.41. The molecule has 4 nitrogen and oxygen atoms in total. The highest BCUT2D eigenvalue weighted by Crippen LogP contribution is 2.23. The number of carbonyl (C=O) groups excluding carboxylic acids is 1. The second-order valence-electron chi connectivity index (χ2n) is 4.10. The molecule has 1 amide bonds. The average molecular weight is 276 g/mol. The molecule has 0 fully saturated rings. The van der Waals surface area contributed by atoms with Gasteiger partial charge in [-0.15, -0.1) is 0 Å². The molecule has 2 aromatic rings. The van der Waals surface area contributed by atoms with Crippen molar-refractivity contribution in [3.8, 4) is 0 Å². The molecular formula is C14H14ClN3O. The van der Waals surface area contributed by atoms with Gasteiger partial charge in [0.05, 0.1) is 12.1 Å². The number of amides is 1. The summed E-state index contributed by atoms with van der Waals surface area (Å²) >= 11 is 5.96. The number of nitrogens with one attached hydrogen (secondary N) is 1. The van der Waals surface area contributed by atoms with E-state index in [1.165, 1.54) is 12.4 Å². The summed E-state index contributed by atoms with van der Waals surface area (Å²) in [5.74, 6) is 0.0963. The number of hydrogen-bond donors (Lipinski definition) is 1. The second kappa shape index (κ2) is 6.29. The van der Waals surface area contributed by atoms with Crippen LogP contribution in [-0.4, -0.2) is 15.9 Å². The lowest BCUT2D eigenvalue weighted by Gasteiger charge is -2.15. The number of nitrogens with zero attached hydrogens (tertiary/aromatic N) is 2. The van der Waals surface area contributed by atoms with Gasteiger partial charge in [0, 0.05) is 17.4 Å². The molecule has 1 atom stereocenters. The van der Waals surface area contributed by atoms with E-state index < -0.39 is 0 Å². The van der Waals surface area contributed by atoms with E-state index in [0.29, 0.717) is 17.3 Å². The van der Waals surface area contributed by atoms with Gasteiger partial charge in [0.25, 0.3) is 0 Å². The second-order valence-corrected chi connectivity index (χ2v) is 4.53. The fraction of sp³-hybridized carbons (Fsp3) is 0.214. The average Bonchev–Trinajstić information content (AvgIpc) is 2.41. The highest BCUT2D eigenvalue weighted by Gasteiger charge is 2.19. The van der Waals surface area contributed by atoms with E-state index in [2.05, 4.69) is 15.3 Å². The third kappa shape index (κ3) is 3.51. The summed E-state index contributed by atoms with van der Waals surface area (Å²) in [5.41, 5.74) is 0.899. The van der Waals surface area contributed by atoms with Crippen LogP contribution in [0.1, 0.15) is 24.8 Å². The predicted molar refractivity (Wildman–Crippen MR) is 75.1 cm³/mol. The summed E-state index contributed by atoms with van der Waals surface area (Å²) in [4.78, 5) is 20.2. The molecule has 0 saturated carbocycles. The molecule has 1 aromatic carbocycles. The third-order valence-corrected chi connectivity index (χ3v) is 3.03. The van der Waals surface area contributed by atoms with Gasteiger partial charge in [-0.2, -0.15) is 0 Å². The van der Waals surface area contributed by atoms with E-state index in [0.717, 1.165) is 5.56 Å². The molecule has 98 valence electrons. The highest BCUT2D eigenvalue weighted by molar-refractivity contribution is 6.30. The minimum absolute atomic E-state index is 0.106. The van der Waals surface area contributed by atoms with Crippen molar-refractivity contribution >= 4 is 23.3 Å². The van der Waals surface area contributed by atoms with Crippen LogP contribution in [0.25, 0.3) is 0 Å². The Morgan fingerprint density at radius 3 is 2.89 bits per heavy atom. The standard InChI is InChI=1S/C14H14ClN3O/c1-2-12(10-4-3-5-11(15)8-10)14(19)18-13-9-16-6-7-17-13/h3-9,12H,2H2,1H3,(H,17,18,19). The number of rotatable bonds is 4. The van der Waals surface area contributed by atoms with Gasteiger partial charge in [0.15, 0.2) is 5.82 Å². The van der Waals surface area contributed by atoms with Crippen molar-refractivity contribution in [1.82, 2.24) is 9.97 Å². The van der Waals surface area contributed by atoms with Crippen LogP contribution in [0.3, 0.4) is 0 Å². The Labute approximate surface area is 116 Å². The summed E-state index contributed by atoms with van der Waals surface area (Å²) < 4.78 is 0. The van der Waals surface area contributed by atoms with Gasteiger partial charge >= 0.3 is 0 Å². The van der Waals surface area contributed by atoms with Crippen molar-refractivity contribution in [2.45, 2.75) is 19.3 Å². The molecule has 0 saturated heterocycles. The van der Waals surface area contributed by atoms with E-state index in [4.69, 9.17) is 11.6 Å². The quantitative estimate of drug-likeness (QED) is 0.932. The van der Waals surface area contributed by atoms with E-state index >= 15 is 0 Å². The number of benzene rings is 1. The van der Waals surface area contributed by atoms with E-state index in [-0.39, 0.29) is 11.8 Å². The third-order valence-electron chi connectivity index (χ3n) is 2.79. The maximum absolute atomic E-state index is 12.2. The Kier molecular flexibility index (Phi) is 4.47. The summed E-state index contributed by atoms with van der Waals surface area (Å²) in [6.45, 7) is 1.96. The summed E-state index contributed by atoms with van der Waals surface area (Å²) in [5, 5.41) is 3.38. The fourth-order valence-corrected chi connectivity index (χ4v) is 2.07. The Balaban J connectivity index is 2.16. The van der Waals surface area contributed by atoms with Crippen molar-refractivity contribution in [2.75, 3.05) is 5.32 Å².